The predicted molar refractivity (Wildman–Crippen MR) is 148 cm³/mol. The number of carbonyl (C=O) groups is 2. The Hall–Kier alpha value is -4.35. The van der Waals surface area contributed by atoms with Crippen molar-refractivity contribution in [1.82, 2.24) is 0 Å². The lowest BCUT2D eigenvalue weighted by Gasteiger charge is -2.19. The van der Waals surface area contributed by atoms with E-state index < -0.39 is 39.4 Å². The maximum atomic E-state index is 13.6. The van der Waals surface area contributed by atoms with Gasteiger partial charge >= 0.3 is 6.18 Å². The quantitative estimate of drug-likeness (QED) is 0.124. The van der Waals surface area contributed by atoms with Gasteiger partial charge in [-0.25, -0.2) is 0 Å². The fraction of sp³-hybridized carbons (Fsp3) is 0.0714. The van der Waals surface area contributed by atoms with Gasteiger partial charge in [-0.2, -0.15) is 13.2 Å². The van der Waals surface area contributed by atoms with E-state index in [0.717, 1.165) is 23.9 Å². The summed E-state index contributed by atoms with van der Waals surface area (Å²) in [7, 11) is 0. The van der Waals surface area contributed by atoms with Gasteiger partial charge < -0.3 is 10.6 Å². The maximum absolute atomic E-state index is 13.6. The van der Waals surface area contributed by atoms with Crippen LogP contribution in [0.1, 0.15) is 26.7 Å². The van der Waals surface area contributed by atoms with E-state index in [9.17, 15) is 32.9 Å². The van der Waals surface area contributed by atoms with Crippen LogP contribution in [0.25, 0.3) is 0 Å². The SMILES string of the molecule is O=C(Nc1ccc(SC(C(=O)Nc2ccc(Cl)cc2C(F)(F)F)c2ccccc2)cc1)c1ccc([N+](=O)[O-])cc1. The van der Waals surface area contributed by atoms with Gasteiger partial charge in [-0.15, -0.1) is 11.8 Å². The second-order valence-electron chi connectivity index (χ2n) is 8.37. The van der Waals surface area contributed by atoms with Gasteiger partial charge in [0.25, 0.3) is 11.6 Å². The molecule has 2 N–H and O–H groups in total. The lowest BCUT2D eigenvalue weighted by Crippen LogP contribution is -2.21. The first-order valence-electron chi connectivity index (χ1n) is 11.6. The van der Waals surface area contributed by atoms with Crippen LogP contribution in [0.2, 0.25) is 5.02 Å². The normalized spacial score (nSPS) is 11.9. The molecule has 1 unspecified atom stereocenters. The summed E-state index contributed by atoms with van der Waals surface area (Å²) in [6.07, 6.45) is -4.72. The van der Waals surface area contributed by atoms with Gasteiger partial charge in [0, 0.05) is 33.3 Å². The Morgan fingerprint density at radius 2 is 1.52 bits per heavy atom. The summed E-state index contributed by atoms with van der Waals surface area (Å²) in [5.41, 5.74) is -0.371. The summed E-state index contributed by atoms with van der Waals surface area (Å²) in [5, 5.41) is 14.9. The van der Waals surface area contributed by atoms with Crippen LogP contribution in [0.15, 0.2) is 102 Å². The number of alkyl halides is 3. The third-order valence-electron chi connectivity index (χ3n) is 5.59. The molecular weight excluding hydrogens is 567 g/mol. The first kappa shape index (κ1) is 28.7. The van der Waals surface area contributed by atoms with Crippen molar-refractivity contribution in [3.05, 3.63) is 129 Å². The fourth-order valence-electron chi connectivity index (χ4n) is 3.65. The number of benzene rings is 4. The molecule has 204 valence electrons. The highest BCUT2D eigenvalue weighted by Gasteiger charge is 2.35. The van der Waals surface area contributed by atoms with E-state index >= 15 is 0 Å². The Kier molecular flexibility index (Phi) is 8.76. The molecule has 0 fully saturated rings. The van der Waals surface area contributed by atoms with E-state index in [0.29, 0.717) is 16.1 Å². The van der Waals surface area contributed by atoms with E-state index in [-0.39, 0.29) is 16.3 Å². The number of nitrogens with one attached hydrogen (secondary N) is 2. The number of non-ortho nitro benzene ring substituents is 1. The third-order valence-corrected chi connectivity index (χ3v) is 7.09. The highest BCUT2D eigenvalue weighted by Crippen LogP contribution is 2.40. The molecule has 0 saturated heterocycles. The maximum Gasteiger partial charge on any atom is 0.418 e. The van der Waals surface area contributed by atoms with Crippen molar-refractivity contribution in [2.24, 2.45) is 0 Å². The lowest BCUT2D eigenvalue weighted by molar-refractivity contribution is -0.384. The molecule has 0 aromatic heterocycles. The van der Waals surface area contributed by atoms with Crippen molar-refractivity contribution in [2.45, 2.75) is 16.3 Å². The van der Waals surface area contributed by atoms with Gasteiger partial charge in [-0.3, -0.25) is 19.7 Å². The molecule has 0 spiro atoms. The van der Waals surface area contributed by atoms with Crippen molar-refractivity contribution in [1.29, 1.82) is 0 Å². The molecular formula is C28H19ClF3N3O4S. The number of nitrogens with zero attached hydrogens (tertiary/aromatic N) is 1. The largest absolute Gasteiger partial charge is 0.418 e. The van der Waals surface area contributed by atoms with Gasteiger partial charge in [-0.05, 0) is 60.2 Å². The molecule has 2 amide bonds. The van der Waals surface area contributed by atoms with E-state index in [1.807, 2.05) is 0 Å². The average Bonchev–Trinajstić information content (AvgIpc) is 2.93. The number of nitro benzene ring substituents is 1. The molecule has 1 atom stereocenters. The number of carbonyl (C=O) groups excluding carboxylic acids is 2. The van der Waals surface area contributed by atoms with Crippen molar-refractivity contribution in [3.63, 3.8) is 0 Å². The minimum absolute atomic E-state index is 0.111. The average molecular weight is 586 g/mol. The fourth-order valence-corrected chi connectivity index (χ4v) is 4.85. The molecule has 40 heavy (non-hydrogen) atoms. The van der Waals surface area contributed by atoms with E-state index in [1.54, 1.807) is 54.6 Å². The number of anilines is 2. The van der Waals surface area contributed by atoms with Crippen LogP contribution in [-0.2, 0) is 11.0 Å². The first-order valence-corrected chi connectivity index (χ1v) is 12.8. The molecule has 4 aromatic rings. The van der Waals surface area contributed by atoms with E-state index in [1.165, 1.54) is 30.3 Å². The molecule has 12 heteroatoms. The lowest BCUT2D eigenvalue weighted by atomic mass is 10.1. The molecule has 0 aliphatic carbocycles. The van der Waals surface area contributed by atoms with Crippen LogP contribution in [0.5, 0.6) is 0 Å². The monoisotopic (exact) mass is 585 g/mol. The highest BCUT2D eigenvalue weighted by molar-refractivity contribution is 8.00. The van der Waals surface area contributed by atoms with Gasteiger partial charge in [0.05, 0.1) is 16.2 Å². The molecule has 4 aromatic carbocycles. The van der Waals surface area contributed by atoms with Crippen molar-refractivity contribution >= 4 is 52.2 Å². The molecule has 0 bridgehead atoms. The second-order valence-corrected chi connectivity index (χ2v) is 9.98. The standard InChI is InChI=1S/C28H19ClF3N3O4S/c29-19-8-15-24(23(16-19)28(30,31)32)34-27(37)25(17-4-2-1-3-5-17)40-22-13-9-20(10-14-22)33-26(36)18-6-11-21(12-7-18)35(38)39/h1-16,25H,(H,33,36)(H,34,37). The number of rotatable bonds is 8. The minimum atomic E-state index is -4.72. The predicted octanol–water partition coefficient (Wildman–Crippen LogP) is 7.99. The number of hydrogen-bond donors (Lipinski definition) is 2. The number of nitro groups is 1. The number of halogens is 4. The zero-order valence-electron chi connectivity index (χ0n) is 20.3. The summed E-state index contributed by atoms with van der Waals surface area (Å²) in [4.78, 5) is 36.6. The van der Waals surface area contributed by atoms with Crippen LogP contribution < -0.4 is 10.6 Å². The number of hydrogen-bond acceptors (Lipinski definition) is 5. The van der Waals surface area contributed by atoms with Gasteiger partial charge in [0.2, 0.25) is 5.91 Å². The summed E-state index contributed by atoms with van der Waals surface area (Å²) < 4.78 is 40.7. The molecule has 0 aliphatic heterocycles. The van der Waals surface area contributed by atoms with Crippen molar-refractivity contribution in [3.8, 4) is 0 Å². The Morgan fingerprint density at radius 3 is 2.12 bits per heavy atom. The third kappa shape index (κ3) is 7.19. The minimum Gasteiger partial charge on any atom is -0.324 e. The van der Waals surface area contributed by atoms with Gasteiger partial charge in [-0.1, -0.05) is 41.9 Å². The Morgan fingerprint density at radius 1 is 0.875 bits per heavy atom. The van der Waals surface area contributed by atoms with Crippen molar-refractivity contribution < 1.29 is 27.7 Å². The summed E-state index contributed by atoms with van der Waals surface area (Å²) in [6, 6.07) is 23.4. The topological polar surface area (TPSA) is 101 Å². The molecule has 7 nitrogen and oxygen atoms in total. The van der Waals surface area contributed by atoms with Crippen LogP contribution in [0.3, 0.4) is 0 Å². The summed E-state index contributed by atoms with van der Waals surface area (Å²) >= 11 is 6.87. The molecule has 4 rings (SSSR count). The summed E-state index contributed by atoms with van der Waals surface area (Å²) in [5.74, 6) is -1.14. The van der Waals surface area contributed by atoms with E-state index in [2.05, 4.69) is 10.6 Å². The first-order chi connectivity index (χ1) is 19.0. The van der Waals surface area contributed by atoms with Crippen LogP contribution in [-0.4, -0.2) is 16.7 Å². The highest BCUT2D eigenvalue weighted by atomic mass is 35.5. The smallest absolute Gasteiger partial charge is 0.324 e. The molecule has 0 heterocycles. The Balaban J connectivity index is 1.51. The van der Waals surface area contributed by atoms with Gasteiger partial charge in [0.15, 0.2) is 0 Å². The second kappa shape index (κ2) is 12.2. The summed E-state index contributed by atoms with van der Waals surface area (Å²) in [6.45, 7) is 0. The Labute approximate surface area is 235 Å². The van der Waals surface area contributed by atoms with Crippen LogP contribution >= 0.6 is 23.4 Å². The van der Waals surface area contributed by atoms with Crippen LogP contribution in [0, 0.1) is 10.1 Å². The number of amides is 2. The number of thioether (sulfide) groups is 1. The molecule has 0 radical (unpaired) electrons. The van der Waals surface area contributed by atoms with Crippen molar-refractivity contribution in [2.75, 3.05) is 10.6 Å². The Bertz CT molecular complexity index is 1530. The van der Waals surface area contributed by atoms with E-state index in [4.69, 9.17) is 11.6 Å². The zero-order chi connectivity index (χ0) is 28.9. The molecule has 0 aliphatic rings. The van der Waals surface area contributed by atoms with Gasteiger partial charge in [0.1, 0.15) is 5.25 Å². The van der Waals surface area contributed by atoms with Crippen LogP contribution in [0.4, 0.5) is 30.2 Å². The zero-order valence-corrected chi connectivity index (χ0v) is 21.9. The molecule has 0 saturated carbocycles.